The van der Waals surface area contributed by atoms with Gasteiger partial charge >= 0.3 is 0 Å². The molecule has 3 aromatic rings. The van der Waals surface area contributed by atoms with E-state index >= 15 is 0 Å². The van der Waals surface area contributed by atoms with Crippen molar-refractivity contribution in [2.45, 2.75) is 6.10 Å². The van der Waals surface area contributed by atoms with Crippen molar-refractivity contribution in [3.8, 4) is 28.4 Å². The van der Waals surface area contributed by atoms with Gasteiger partial charge in [-0.2, -0.15) is 5.10 Å². The number of benzene rings is 2. The van der Waals surface area contributed by atoms with Crippen molar-refractivity contribution in [1.29, 1.82) is 0 Å². The van der Waals surface area contributed by atoms with Crippen LogP contribution in [-0.2, 0) is 9.53 Å². The first-order valence-electron chi connectivity index (χ1n) is 9.19. The van der Waals surface area contributed by atoms with Gasteiger partial charge in [-0.15, -0.1) is 0 Å². The van der Waals surface area contributed by atoms with Gasteiger partial charge in [-0.1, -0.05) is 18.2 Å². The van der Waals surface area contributed by atoms with Gasteiger partial charge in [0.25, 0.3) is 5.91 Å². The normalized spacial score (nSPS) is 15.0. The predicted octanol–water partition coefficient (Wildman–Crippen LogP) is 2.88. The summed E-state index contributed by atoms with van der Waals surface area (Å²) in [6.45, 7) is 0.917. The molecule has 8 nitrogen and oxygen atoms in total. The van der Waals surface area contributed by atoms with Crippen LogP contribution in [0.1, 0.15) is 0 Å². The highest BCUT2D eigenvalue weighted by atomic mass is 16.6. The molecule has 8 heteroatoms. The van der Waals surface area contributed by atoms with E-state index in [1.807, 2.05) is 24.3 Å². The number of fused-ring (bicyclic) bond motifs is 1. The molecule has 1 aliphatic rings. The zero-order valence-electron chi connectivity index (χ0n) is 15.9. The van der Waals surface area contributed by atoms with Crippen molar-refractivity contribution < 1.29 is 23.7 Å². The fourth-order valence-corrected chi connectivity index (χ4v) is 2.93. The Morgan fingerprint density at radius 3 is 2.86 bits per heavy atom. The quantitative estimate of drug-likeness (QED) is 0.598. The number of carbonyl (C=O) groups is 1. The van der Waals surface area contributed by atoms with E-state index in [1.54, 1.807) is 37.7 Å². The topological polar surface area (TPSA) is 94.7 Å². The van der Waals surface area contributed by atoms with E-state index in [2.05, 4.69) is 15.5 Å². The summed E-state index contributed by atoms with van der Waals surface area (Å²) < 4.78 is 22.3. The van der Waals surface area contributed by atoms with E-state index in [0.29, 0.717) is 36.1 Å². The molecule has 2 aromatic carbocycles. The van der Waals surface area contributed by atoms with Crippen LogP contribution < -0.4 is 19.5 Å². The lowest BCUT2D eigenvalue weighted by molar-refractivity contribution is -0.125. The second-order valence-corrected chi connectivity index (χ2v) is 6.39. The molecule has 0 radical (unpaired) electrons. The first-order valence-corrected chi connectivity index (χ1v) is 9.19. The number of H-pyrrole nitrogens is 1. The average molecular weight is 395 g/mol. The van der Waals surface area contributed by atoms with Crippen molar-refractivity contribution in [2.75, 3.05) is 32.2 Å². The summed E-state index contributed by atoms with van der Waals surface area (Å²) in [6.07, 6.45) is 2.75. The number of hydrogen-bond acceptors (Lipinski definition) is 6. The lowest BCUT2D eigenvalue weighted by Crippen LogP contribution is -2.40. The van der Waals surface area contributed by atoms with Gasteiger partial charge in [0.05, 0.1) is 18.5 Å². The summed E-state index contributed by atoms with van der Waals surface area (Å²) in [6, 6.07) is 12.8. The maximum absolute atomic E-state index is 12.8. The number of nitrogens with one attached hydrogen (secondary N) is 2. The molecule has 1 aliphatic heterocycles. The molecule has 0 bridgehead atoms. The lowest BCUT2D eigenvalue weighted by Gasteiger charge is -2.26. The average Bonchev–Trinajstić information content (AvgIpc) is 3.29. The number of rotatable bonds is 7. The van der Waals surface area contributed by atoms with Crippen molar-refractivity contribution in [2.24, 2.45) is 0 Å². The summed E-state index contributed by atoms with van der Waals surface area (Å²) in [7, 11) is 1.60. The van der Waals surface area contributed by atoms with Crippen LogP contribution in [-0.4, -0.2) is 49.1 Å². The van der Waals surface area contributed by atoms with Crippen molar-refractivity contribution in [1.82, 2.24) is 10.2 Å². The number of amides is 1. The van der Waals surface area contributed by atoms with E-state index in [-0.39, 0.29) is 12.5 Å². The number of hydrogen-bond donors (Lipinski definition) is 2. The monoisotopic (exact) mass is 395 g/mol. The molecule has 29 heavy (non-hydrogen) atoms. The molecule has 0 spiro atoms. The second kappa shape index (κ2) is 8.66. The fraction of sp³-hybridized carbons (Fsp3) is 0.238. The first kappa shape index (κ1) is 18.8. The standard InChI is InChI=1S/C21H21N3O5/c1-26-8-9-27-19-10-14(15-11-22-23-12-15)6-7-16(19)24-21(25)20-13-28-17-4-2-3-5-18(17)29-20/h2-7,10-12,20H,8-9,13H2,1H3,(H,22,23)(H,24,25). The highest BCUT2D eigenvalue weighted by Gasteiger charge is 2.28. The highest BCUT2D eigenvalue weighted by molar-refractivity contribution is 5.96. The Morgan fingerprint density at radius 2 is 2.07 bits per heavy atom. The molecule has 2 heterocycles. The van der Waals surface area contributed by atoms with Crippen LogP contribution >= 0.6 is 0 Å². The molecule has 1 atom stereocenters. The van der Waals surface area contributed by atoms with E-state index in [1.165, 1.54) is 0 Å². The second-order valence-electron chi connectivity index (χ2n) is 6.39. The Kier molecular flexibility index (Phi) is 5.62. The van der Waals surface area contributed by atoms with Crippen LogP contribution in [0, 0.1) is 0 Å². The Morgan fingerprint density at radius 1 is 1.21 bits per heavy atom. The van der Waals surface area contributed by atoms with Crippen LogP contribution in [0.5, 0.6) is 17.2 Å². The molecule has 150 valence electrons. The molecule has 1 amide bonds. The molecule has 0 aliphatic carbocycles. The van der Waals surface area contributed by atoms with E-state index in [0.717, 1.165) is 11.1 Å². The fourth-order valence-electron chi connectivity index (χ4n) is 2.93. The molecule has 1 aromatic heterocycles. The number of carbonyl (C=O) groups excluding carboxylic acids is 1. The number of nitrogens with zero attached hydrogens (tertiary/aromatic N) is 1. The number of anilines is 1. The van der Waals surface area contributed by atoms with Crippen molar-refractivity contribution >= 4 is 11.6 Å². The minimum absolute atomic E-state index is 0.135. The summed E-state index contributed by atoms with van der Waals surface area (Å²) in [5, 5.41) is 9.63. The van der Waals surface area contributed by atoms with Gasteiger partial charge in [-0.3, -0.25) is 9.89 Å². The lowest BCUT2D eigenvalue weighted by atomic mass is 10.1. The molecular weight excluding hydrogens is 374 g/mol. The third-order valence-electron chi connectivity index (χ3n) is 4.42. The van der Waals surface area contributed by atoms with Gasteiger partial charge in [0.15, 0.2) is 11.5 Å². The van der Waals surface area contributed by atoms with Crippen molar-refractivity contribution in [3.63, 3.8) is 0 Å². The minimum atomic E-state index is -0.759. The molecule has 2 N–H and O–H groups in total. The summed E-state index contributed by atoms with van der Waals surface area (Å²) in [5.41, 5.74) is 2.37. The Labute approximate surface area is 167 Å². The van der Waals surface area contributed by atoms with Crippen LogP contribution in [0.25, 0.3) is 11.1 Å². The summed E-state index contributed by atoms with van der Waals surface area (Å²) in [4.78, 5) is 12.8. The molecule has 4 rings (SSSR count). The third-order valence-corrected chi connectivity index (χ3v) is 4.42. The molecule has 0 saturated heterocycles. The Hall–Kier alpha value is -3.52. The molecular formula is C21H21N3O5. The van der Waals surface area contributed by atoms with Gasteiger partial charge in [0, 0.05) is 18.9 Å². The minimum Gasteiger partial charge on any atom is -0.489 e. The number of methoxy groups -OCH3 is 1. The number of aromatic nitrogens is 2. The van der Waals surface area contributed by atoms with Gasteiger partial charge < -0.3 is 24.3 Å². The van der Waals surface area contributed by atoms with Gasteiger partial charge in [0.1, 0.15) is 19.0 Å². The van der Waals surface area contributed by atoms with Crippen LogP contribution in [0.2, 0.25) is 0 Å². The van der Waals surface area contributed by atoms with Gasteiger partial charge in [-0.25, -0.2) is 0 Å². The third kappa shape index (κ3) is 4.33. The van der Waals surface area contributed by atoms with Gasteiger partial charge in [0.2, 0.25) is 6.10 Å². The maximum Gasteiger partial charge on any atom is 0.269 e. The molecule has 1 unspecified atom stereocenters. The number of aromatic amines is 1. The maximum atomic E-state index is 12.8. The summed E-state index contributed by atoms with van der Waals surface area (Å²) in [5.74, 6) is 1.40. The highest BCUT2D eigenvalue weighted by Crippen LogP contribution is 2.33. The number of ether oxygens (including phenoxy) is 4. The van der Waals surface area contributed by atoms with E-state index < -0.39 is 6.10 Å². The van der Waals surface area contributed by atoms with E-state index in [9.17, 15) is 4.79 Å². The smallest absolute Gasteiger partial charge is 0.269 e. The predicted molar refractivity (Wildman–Crippen MR) is 106 cm³/mol. The molecule has 0 fully saturated rings. The Balaban J connectivity index is 1.51. The molecule has 0 saturated carbocycles. The van der Waals surface area contributed by atoms with Crippen LogP contribution in [0.3, 0.4) is 0 Å². The zero-order chi connectivity index (χ0) is 20.1. The van der Waals surface area contributed by atoms with Crippen LogP contribution in [0.4, 0.5) is 5.69 Å². The number of para-hydroxylation sites is 2. The SMILES string of the molecule is COCCOc1cc(-c2cn[nH]c2)ccc1NC(=O)C1COc2ccccc2O1. The van der Waals surface area contributed by atoms with Gasteiger partial charge in [-0.05, 0) is 29.8 Å². The Bertz CT molecular complexity index is 974. The largest absolute Gasteiger partial charge is 0.489 e. The van der Waals surface area contributed by atoms with E-state index in [4.69, 9.17) is 18.9 Å². The summed E-state index contributed by atoms with van der Waals surface area (Å²) >= 11 is 0. The van der Waals surface area contributed by atoms with Crippen molar-refractivity contribution in [3.05, 3.63) is 54.9 Å². The zero-order valence-corrected chi connectivity index (χ0v) is 15.9. The first-order chi connectivity index (χ1) is 14.2. The van der Waals surface area contributed by atoms with Crippen LogP contribution in [0.15, 0.2) is 54.9 Å².